The molecule has 2 fully saturated rings. The number of nitrogens with zero attached hydrogens (tertiary/aromatic N) is 3. The number of aromatic hydroxyl groups is 1. The smallest absolute Gasteiger partial charge is 0.325 e. The molecule has 6 rings (SSSR count). The van der Waals surface area contributed by atoms with E-state index < -0.39 is 5.41 Å². The van der Waals surface area contributed by atoms with Crippen LogP contribution in [0.15, 0.2) is 72.4 Å². The van der Waals surface area contributed by atoms with E-state index >= 15 is 0 Å². The molecule has 3 aromatic rings. The third-order valence-electron chi connectivity index (χ3n) is 9.51. The average molecular weight is 598 g/mol. The summed E-state index contributed by atoms with van der Waals surface area (Å²) in [6.45, 7) is 10.4. The molecule has 8 heteroatoms. The van der Waals surface area contributed by atoms with E-state index in [1.54, 1.807) is 14.2 Å². The Kier molecular flexibility index (Phi) is 7.97. The van der Waals surface area contributed by atoms with Crippen LogP contribution in [0.5, 0.6) is 23.0 Å². The predicted octanol–water partition coefficient (Wildman–Crippen LogP) is 6.46. The van der Waals surface area contributed by atoms with E-state index in [2.05, 4.69) is 48.8 Å². The Morgan fingerprint density at radius 3 is 2.23 bits per heavy atom. The number of urea groups is 1. The Labute approximate surface area is 260 Å². The Morgan fingerprint density at radius 2 is 1.59 bits per heavy atom. The monoisotopic (exact) mass is 597 g/mol. The fourth-order valence-corrected chi connectivity index (χ4v) is 7.23. The first kappa shape index (κ1) is 29.9. The molecule has 2 saturated heterocycles. The molecule has 3 heterocycles. The minimum atomic E-state index is -0.403. The van der Waals surface area contributed by atoms with Crippen molar-refractivity contribution in [1.29, 1.82) is 0 Å². The van der Waals surface area contributed by atoms with Gasteiger partial charge in [0.2, 0.25) is 0 Å². The zero-order chi connectivity index (χ0) is 31.1. The Balaban J connectivity index is 1.26. The van der Waals surface area contributed by atoms with Gasteiger partial charge in [-0.15, -0.1) is 0 Å². The van der Waals surface area contributed by atoms with Crippen LogP contribution in [-0.2, 0) is 25.1 Å². The highest BCUT2D eigenvalue weighted by Crippen LogP contribution is 2.49. The van der Waals surface area contributed by atoms with Crippen LogP contribution in [0.2, 0.25) is 0 Å². The number of amides is 2. The van der Waals surface area contributed by atoms with E-state index in [9.17, 15) is 9.90 Å². The number of allylic oxidation sites excluding steroid dienone is 1. The molecule has 8 nitrogen and oxygen atoms in total. The number of rotatable bonds is 8. The lowest BCUT2D eigenvalue weighted by Crippen LogP contribution is -2.53. The van der Waals surface area contributed by atoms with Crippen molar-refractivity contribution in [2.45, 2.75) is 64.3 Å². The zero-order valence-corrected chi connectivity index (χ0v) is 26.4. The molecule has 0 radical (unpaired) electrons. The van der Waals surface area contributed by atoms with Gasteiger partial charge in [-0.2, -0.15) is 0 Å². The minimum absolute atomic E-state index is 0.0493. The van der Waals surface area contributed by atoms with Crippen molar-refractivity contribution in [2.75, 3.05) is 33.9 Å². The first-order valence-electron chi connectivity index (χ1n) is 15.5. The molecule has 0 unspecified atom stereocenters. The normalized spacial score (nSPS) is 18.8. The Hall–Kier alpha value is -4.17. The fourth-order valence-electron chi connectivity index (χ4n) is 7.23. The van der Waals surface area contributed by atoms with E-state index in [1.807, 2.05) is 53.4 Å². The maximum absolute atomic E-state index is 14.1. The molecule has 1 spiro atoms. The highest BCUT2D eigenvalue weighted by Gasteiger charge is 2.55. The van der Waals surface area contributed by atoms with Crippen LogP contribution in [0.3, 0.4) is 0 Å². The molecule has 0 aromatic heterocycles. The quantitative estimate of drug-likeness (QED) is 0.322. The van der Waals surface area contributed by atoms with Crippen LogP contribution in [0.25, 0.3) is 0 Å². The molecule has 3 aliphatic rings. The first-order valence-corrected chi connectivity index (χ1v) is 15.5. The number of likely N-dealkylation sites (tertiary alicyclic amines) is 1. The van der Waals surface area contributed by atoms with Crippen molar-refractivity contribution < 1.29 is 24.1 Å². The van der Waals surface area contributed by atoms with Crippen molar-refractivity contribution in [2.24, 2.45) is 0 Å². The summed E-state index contributed by atoms with van der Waals surface area (Å²) in [5, 5.41) is 11.0. The largest absolute Gasteiger partial charge is 0.504 e. The number of hydrogen-bond acceptors (Lipinski definition) is 6. The van der Waals surface area contributed by atoms with Crippen molar-refractivity contribution in [3.8, 4) is 23.0 Å². The summed E-state index contributed by atoms with van der Waals surface area (Å²) in [5.74, 6) is 2.12. The van der Waals surface area contributed by atoms with Crippen molar-refractivity contribution in [1.82, 2.24) is 14.7 Å². The summed E-state index contributed by atoms with van der Waals surface area (Å²) in [6, 6.07) is 19.7. The van der Waals surface area contributed by atoms with Gasteiger partial charge in [0.15, 0.2) is 11.5 Å². The molecule has 0 aliphatic carbocycles. The van der Waals surface area contributed by atoms with E-state index in [0.717, 1.165) is 71.9 Å². The molecular formula is C36H43N3O5. The summed E-state index contributed by atoms with van der Waals surface area (Å²) in [5.41, 5.74) is 4.48. The van der Waals surface area contributed by atoms with Crippen LogP contribution in [0, 0.1) is 0 Å². The molecule has 2 amide bonds. The van der Waals surface area contributed by atoms with Gasteiger partial charge < -0.3 is 24.2 Å². The van der Waals surface area contributed by atoms with Gasteiger partial charge >= 0.3 is 6.03 Å². The number of fused-ring (bicyclic) bond motifs is 3. The van der Waals surface area contributed by atoms with Crippen LogP contribution < -0.4 is 14.2 Å². The van der Waals surface area contributed by atoms with Crippen LogP contribution in [0.4, 0.5) is 4.79 Å². The number of carbonyl (C=O) groups is 1. The lowest BCUT2D eigenvalue weighted by molar-refractivity contribution is 0.0885. The standard InChI is InChI=1S/C36H43N3O5/c1-6-39-34(41)38-23-27-18-32(44-24-25-10-8-7-9-11-25)31(40)20-30(27)35(2,3)21-33(38)36(39)12-14-37(15-13-36)22-26-16-28(42-4)19-29(17-26)43-5/h7-11,16-21,40H,6,12-15,22-24H2,1-5H3. The van der Waals surface area contributed by atoms with Gasteiger partial charge in [-0.25, -0.2) is 4.79 Å². The molecule has 0 bridgehead atoms. The predicted molar refractivity (Wildman–Crippen MR) is 170 cm³/mol. The minimum Gasteiger partial charge on any atom is -0.504 e. The van der Waals surface area contributed by atoms with E-state index in [4.69, 9.17) is 14.2 Å². The number of benzene rings is 3. The van der Waals surface area contributed by atoms with Crippen LogP contribution >= 0.6 is 0 Å². The first-order chi connectivity index (χ1) is 21.2. The number of hydrogen-bond donors (Lipinski definition) is 1. The Morgan fingerprint density at radius 1 is 0.909 bits per heavy atom. The molecule has 3 aliphatic heterocycles. The van der Waals surface area contributed by atoms with Gasteiger partial charge in [0.25, 0.3) is 0 Å². The SMILES string of the molecule is CCN1C(=O)N2Cc3cc(OCc4ccccc4)c(O)cc3C(C)(C)C=C2C12CCN(Cc1cc(OC)cc(OC)c1)CC2. The second-order valence-corrected chi connectivity index (χ2v) is 12.6. The molecule has 0 saturated carbocycles. The summed E-state index contributed by atoms with van der Waals surface area (Å²) >= 11 is 0. The van der Waals surface area contributed by atoms with E-state index in [0.29, 0.717) is 25.4 Å². The lowest BCUT2D eigenvalue weighted by Gasteiger charge is -2.44. The van der Waals surface area contributed by atoms with Crippen molar-refractivity contribution >= 4 is 6.03 Å². The number of ether oxygens (including phenoxy) is 3. The lowest BCUT2D eigenvalue weighted by atomic mass is 9.77. The number of phenolic OH excluding ortho intramolecular Hbond substituents is 1. The van der Waals surface area contributed by atoms with Crippen molar-refractivity contribution in [3.63, 3.8) is 0 Å². The van der Waals surface area contributed by atoms with Gasteiger partial charge in [-0.3, -0.25) is 9.80 Å². The second kappa shape index (κ2) is 11.7. The third-order valence-corrected chi connectivity index (χ3v) is 9.51. The molecule has 0 atom stereocenters. The second-order valence-electron chi connectivity index (χ2n) is 12.6. The molecule has 44 heavy (non-hydrogen) atoms. The molecule has 3 aromatic carbocycles. The summed E-state index contributed by atoms with van der Waals surface area (Å²) in [4.78, 5) is 20.6. The fraction of sp³-hybridized carbons (Fsp3) is 0.417. The maximum Gasteiger partial charge on any atom is 0.325 e. The summed E-state index contributed by atoms with van der Waals surface area (Å²) < 4.78 is 17.1. The number of phenols is 1. The number of methoxy groups -OCH3 is 2. The van der Waals surface area contributed by atoms with Gasteiger partial charge in [0.1, 0.15) is 18.1 Å². The van der Waals surface area contributed by atoms with Crippen molar-refractivity contribution in [3.05, 3.63) is 94.7 Å². The number of carbonyl (C=O) groups excluding carboxylic acids is 1. The Bertz CT molecular complexity index is 1540. The third kappa shape index (κ3) is 5.36. The maximum atomic E-state index is 14.1. The summed E-state index contributed by atoms with van der Waals surface area (Å²) in [6.07, 6.45) is 3.97. The molecular weight excluding hydrogens is 554 g/mol. The van der Waals surface area contributed by atoms with E-state index in [1.165, 1.54) is 0 Å². The van der Waals surface area contributed by atoms with Crippen LogP contribution in [0.1, 0.15) is 55.9 Å². The number of piperidine rings is 1. The zero-order valence-electron chi connectivity index (χ0n) is 26.4. The highest BCUT2D eigenvalue weighted by molar-refractivity contribution is 5.83. The molecule has 1 N–H and O–H groups in total. The van der Waals surface area contributed by atoms with Gasteiger partial charge in [0.05, 0.1) is 26.3 Å². The average Bonchev–Trinajstić information content (AvgIpc) is 3.14. The van der Waals surface area contributed by atoms with Gasteiger partial charge in [0, 0.05) is 43.4 Å². The summed E-state index contributed by atoms with van der Waals surface area (Å²) in [7, 11) is 3.34. The molecule has 232 valence electrons. The van der Waals surface area contributed by atoms with Crippen LogP contribution in [-0.4, -0.2) is 65.2 Å². The topological polar surface area (TPSA) is 74.7 Å². The highest BCUT2D eigenvalue weighted by atomic mass is 16.5. The number of likely N-dealkylation sites (N-methyl/N-ethyl adjacent to an activating group) is 1. The van der Waals surface area contributed by atoms with E-state index in [-0.39, 0.29) is 17.3 Å². The van der Waals surface area contributed by atoms with Gasteiger partial charge in [-0.1, -0.05) is 50.3 Å². The van der Waals surface area contributed by atoms with Gasteiger partial charge in [-0.05, 0) is 66.3 Å².